The van der Waals surface area contributed by atoms with E-state index < -0.39 is 18.2 Å². The van der Waals surface area contributed by atoms with Crippen molar-refractivity contribution in [2.75, 3.05) is 6.61 Å². The number of aliphatic hydroxyl groups is 3. The second-order valence-corrected chi connectivity index (χ2v) is 21.0. The Morgan fingerprint density at radius 2 is 0.652 bits per heavy atom. The van der Waals surface area contributed by atoms with Crippen LogP contribution in [0.25, 0.3) is 0 Å². The fraction of sp³-hybridized carbons (Fsp3) is 0.918. The van der Waals surface area contributed by atoms with Crippen molar-refractivity contribution >= 4 is 5.91 Å². The summed E-state index contributed by atoms with van der Waals surface area (Å²) in [5.74, 6) is -0.318. The van der Waals surface area contributed by atoms with Crippen LogP contribution in [0.15, 0.2) is 24.3 Å². The Kier molecular flexibility index (Phi) is 55.4. The summed E-state index contributed by atoms with van der Waals surface area (Å²) in [5, 5.41) is 33.5. The van der Waals surface area contributed by atoms with E-state index in [4.69, 9.17) is 0 Å². The molecule has 3 unspecified atom stereocenters. The Balaban J connectivity index is 3.53. The minimum atomic E-state index is -0.950. The zero-order valence-corrected chi connectivity index (χ0v) is 44.9. The molecule has 0 aliphatic heterocycles. The van der Waals surface area contributed by atoms with E-state index in [0.29, 0.717) is 6.42 Å². The van der Waals surface area contributed by atoms with Crippen molar-refractivity contribution in [1.29, 1.82) is 0 Å². The number of carbonyl (C=O) groups is 1. The van der Waals surface area contributed by atoms with Gasteiger partial charge in [0, 0.05) is 0 Å². The van der Waals surface area contributed by atoms with E-state index in [2.05, 4.69) is 31.3 Å². The molecule has 0 rings (SSSR count). The highest BCUT2D eigenvalue weighted by Crippen LogP contribution is 2.18. The molecule has 0 radical (unpaired) electrons. The molecule has 0 aliphatic carbocycles. The third-order valence-corrected chi connectivity index (χ3v) is 14.2. The molecule has 1 amide bonds. The summed E-state index contributed by atoms with van der Waals surface area (Å²) in [6, 6.07) is -0.759. The maximum Gasteiger partial charge on any atom is 0.222 e. The van der Waals surface area contributed by atoms with Crippen LogP contribution in [0.5, 0.6) is 0 Å². The molecule has 392 valence electrons. The maximum absolute atomic E-state index is 12.5. The van der Waals surface area contributed by atoms with Crippen LogP contribution < -0.4 is 5.32 Å². The molecule has 0 bridgehead atoms. The van der Waals surface area contributed by atoms with Gasteiger partial charge in [-0.05, 0) is 32.1 Å². The summed E-state index contributed by atoms with van der Waals surface area (Å²) < 4.78 is 0. The van der Waals surface area contributed by atoms with Crippen molar-refractivity contribution in [3.63, 3.8) is 0 Å². The zero-order valence-electron chi connectivity index (χ0n) is 44.9. The number of amides is 1. The number of unbranched alkanes of at least 4 members (excludes halogenated alkanes) is 45. The van der Waals surface area contributed by atoms with Crippen LogP contribution in [0, 0.1) is 0 Å². The van der Waals surface area contributed by atoms with Crippen molar-refractivity contribution in [3.05, 3.63) is 24.3 Å². The first kappa shape index (κ1) is 64.8. The third-order valence-electron chi connectivity index (χ3n) is 14.2. The molecule has 0 heterocycles. The van der Waals surface area contributed by atoms with Gasteiger partial charge in [0.2, 0.25) is 5.91 Å². The van der Waals surface area contributed by atoms with Crippen molar-refractivity contribution in [1.82, 2.24) is 5.32 Å². The van der Waals surface area contributed by atoms with E-state index in [-0.39, 0.29) is 18.9 Å². The molecular weight excluding hydrogens is 811 g/mol. The monoisotopic (exact) mass is 930 g/mol. The van der Waals surface area contributed by atoms with Gasteiger partial charge in [0.1, 0.15) is 0 Å². The molecule has 0 aromatic heterocycles. The second-order valence-electron chi connectivity index (χ2n) is 21.0. The van der Waals surface area contributed by atoms with Crippen molar-refractivity contribution in [2.45, 2.75) is 353 Å². The van der Waals surface area contributed by atoms with Crippen LogP contribution in [0.1, 0.15) is 335 Å². The zero-order chi connectivity index (χ0) is 47.9. The number of hydrogen-bond acceptors (Lipinski definition) is 4. The predicted octanol–water partition coefficient (Wildman–Crippen LogP) is 18.8. The molecule has 3 atom stereocenters. The first-order chi connectivity index (χ1) is 32.5. The molecule has 0 aromatic carbocycles. The van der Waals surface area contributed by atoms with E-state index in [1.54, 1.807) is 6.08 Å². The lowest BCUT2D eigenvalue weighted by molar-refractivity contribution is -0.124. The lowest BCUT2D eigenvalue weighted by Crippen LogP contribution is -2.45. The average Bonchev–Trinajstić information content (AvgIpc) is 3.31. The van der Waals surface area contributed by atoms with Gasteiger partial charge >= 0.3 is 0 Å². The van der Waals surface area contributed by atoms with Crippen LogP contribution >= 0.6 is 0 Å². The Bertz CT molecular complexity index is 982. The lowest BCUT2D eigenvalue weighted by atomic mass is 10.0. The number of hydrogen-bond donors (Lipinski definition) is 4. The topological polar surface area (TPSA) is 89.8 Å². The Hall–Kier alpha value is -1.17. The van der Waals surface area contributed by atoms with Gasteiger partial charge < -0.3 is 20.6 Å². The Labute approximate surface area is 413 Å². The predicted molar refractivity (Wildman–Crippen MR) is 292 cm³/mol. The number of nitrogens with one attached hydrogen (secondary N) is 1. The average molecular weight is 931 g/mol. The molecule has 0 aromatic rings. The normalized spacial score (nSPS) is 13.3. The summed E-state index contributed by atoms with van der Waals surface area (Å²) in [6.45, 7) is 4.25. The van der Waals surface area contributed by atoms with E-state index in [1.807, 2.05) is 6.08 Å². The molecule has 0 spiro atoms. The molecule has 4 N–H and O–H groups in total. The van der Waals surface area contributed by atoms with E-state index in [1.165, 1.54) is 276 Å². The number of allylic oxidation sites excluding steroid dienone is 3. The first-order valence-electron chi connectivity index (χ1n) is 30.1. The smallest absolute Gasteiger partial charge is 0.222 e. The summed E-state index contributed by atoms with van der Waals surface area (Å²) in [4.78, 5) is 12.5. The Morgan fingerprint density at radius 1 is 0.379 bits per heavy atom. The SMILES string of the molecule is CCCCCCCCCCCCCCCCCC/C=C/CC/C=C/C(O)C(CO)NC(=O)CC(O)CCCCCCCCCCCCCCCCCCCCCCCCCCCCCCC. The van der Waals surface area contributed by atoms with E-state index in [9.17, 15) is 20.1 Å². The molecule has 0 aliphatic rings. The van der Waals surface area contributed by atoms with Gasteiger partial charge in [-0.25, -0.2) is 0 Å². The number of aliphatic hydroxyl groups excluding tert-OH is 3. The summed E-state index contributed by atoms with van der Waals surface area (Å²) in [6.07, 6.45) is 72.5. The first-order valence-corrected chi connectivity index (χ1v) is 30.1. The summed E-state index contributed by atoms with van der Waals surface area (Å²) >= 11 is 0. The molecule has 5 heteroatoms. The molecule has 66 heavy (non-hydrogen) atoms. The minimum Gasteiger partial charge on any atom is -0.394 e. The van der Waals surface area contributed by atoms with E-state index >= 15 is 0 Å². The fourth-order valence-corrected chi connectivity index (χ4v) is 9.66. The Morgan fingerprint density at radius 3 is 0.970 bits per heavy atom. The maximum atomic E-state index is 12.5. The van der Waals surface area contributed by atoms with Gasteiger partial charge in [-0.15, -0.1) is 0 Å². The van der Waals surface area contributed by atoms with Crippen LogP contribution in [-0.4, -0.2) is 46.1 Å². The van der Waals surface area contributed by atoms with Gasteiger partial charge in [-0.2, -0.15) is 0 Å². The highest BCUT2D eigenvalue weighted by Gasteiger charge is 2.20. The molecular formula is C61H119NO4. The van der Waals surface area contributed by atoms with Crippen LogP contribution in [-0.2, 0) is 4.79 Å². The summed E-state index contributed by atoms with van der Waals surface area (Å²) in [7, 11) is 0. The quantitative estimate of drug-likeness (QED) is 0.0361. The lowest BCUT2D eigenvalue weighted by Gasteiger charge is -2.21. The molecule has 0 fully saturated rings. The van der Waals surface area contributed by atoms with Gasteiger partial charge in [0.25, 0.3) is 0 Å². The highest BCUT2D eigenvalue weighted by molar-refractivity contribution is 5.76. The minimum absolute atomic E-state index is 0.0106. The standard InChI is InChI=1S/C61H119NO4/c1-3-5-7-9-11-13-15-17-19-21-23-25-27-28-29-30-31-32-33-34-36-38-40-42-44-46-48-50-52-54-58(64)56-61(66)62-59(57-63)60(65)55-53-51-49-47-45-43-41-39-37-35-26-24-22-20-18-16-14-12-10-8-6-4-2/h45,47,53,55,58-60,63-65H,3-44,46,48-52,54,56-57H2,1-2H3,(H,62,66)/b47-45+,55-53+. The molecule has 0 saturated heterocycles. The highest BCUT2D eigenvalue weighted by atomic mass is 16.3. The largest absolute Gasteiger partial charge is 0.394 e. The van der Waals surface area contributed by atoms with Crippen LogP contribution in [0.4, 0.5) is 0 Å². The van der Waals surface area contributed by atoms with Gasteiger partial charge in [-0.3, -0.25) is 4.79 Å². The van der Waals surface area contributed by atoms with Crippen LogP contribution in [0.3, 0.4) is 0 Å². The van der Waals surface area contributed by atoms with Crippen molar-refractivity contribution in [3.8, 4) is 0 Å². The number of carbonyl (C=O) groups excluding carboxylic acids is 1. The fourth-order valence-electron chi connectivity index (χ4n) is 9.66. The van der Waals surface area contributed by atoms with Gasteiger partial charge in [-0.1, -0.05) is 321 Å². The van der Waals surface area contributed by atoms with Gasteiger partial charge in [0.05, 0.1) is 31.3 Å². The van der Waals surface area contributed by atoms with E-state index in [0.717, 1.165) is 32.1 Å². The summed E-state index contributed by atoms with van der Waals surface area (Å²) in [5.41, 5.74) is 0. The van der Waals surface area contributed by atoms with Crippen LogP contribution in [0.2, 0.25) is 0 Å². The number of rotatable bonds is 56. The second kappa shape index (κ2) is 56.4. The van der Waals surface area contributed by atoms with Crippen molar-refractivity contribution < 1.29 is 20.1 Å². The van der Waals surface area contributed by atoms with Crippen molar-refractivity contribution in [2.24, 2.45) is 0 Å². The molecule has 5 nitrogen and oxygen atoms in total. The van der Waals surface area contributed by atoms with Gasteiger partial charge in [0.15, 0.2) is 0 Å². The molecule has 0 saturated carbocycles. The third kappa shape index (κ3) is 52.2.